The van der Waals surface area contributed by atoms with E-state index in [4.69, 9.17) is 23.2 Å². The molecule has 1 saturated heterocycles. The molecule has 4 aromatic rings. The number of nitrogens with zero attached hydrogens (tertiary/aromatic N) is 2. The molecule has 3 aromatic carbocycles. The van der Waals surface area contributed by atoms with Gasteiger partial charge in [-0.1, -0.05) is 65.7 Å². The third kappa shape index (κ3) is 6.44. The fourth-order valence-corrected chi connectivity index (χ4v) is 6.03. The summed E-state index contributed by atoms with van der Waals surface area (Å²) < 4.78 is 0. The van der Waals surface area contributed by atoms with Crippen LogP contribution in [0.1, 0.15) is 46.2 Å². The van der Waals surface area contributed by atoms with Crippen molar-refractivity contribution in [2.75, 3.05) is 18.4 Å². The number of para-hydroxylation sites is 1. The third-order valence-electron chi connectivity index (χ3n) is 6.80. The molecule has 0 aliphatic carbocycles. The second kappa shape index (κ2) is 12.1. The van der Waals surface area contributed by atoms with E-state index in [1.165, 1.54) is 11.3 Å². The second-order valence-corrected chi connectivity index (χ2v) is 11.1. The van der Waals surface area contributed by atoms with E-state index in [1.54, 1.807) is 0 Å². The average molecular weight is 565 g/mol. The zero-order chi connectivity index (χ0) is 26.5. The van der Waals surface area contributed by atoms with Gasteiger partial charge in [0.05, 0.1) is 5.01 Å². The van der Waals surface area contributed by atoms with Gasteiger partial charge in [-0.25, -0.2) is 4.98 Å². The van der Waals surface area contributed by atoms with E-state index in [2.05, 4.69) is 10.3 Å². The number of anilines is 1. The molecule has 0 spiro atoms. The summed E-state index contributed by atoms with van der Waals surface area (Å²) in [5, 5.41) is 7.15. The molecule has 2 amide bonds. The second-order valence-electron chi connectivity index (χ2n) is 9.36. The number of hydrogen-bond donors (Lipinski definition) is 1. The van der Waals surface area contributed by atoms with Crippen LogP contribution in [0.2, 0.25) is 10.0 Å². The van der Waals surface area contributed by atoms with Crippen molar-refractivity contribution in [2.45, 2.75) is 31.6 Å². The molecule has 0 unspecified atom stereocenters. The molecular weight excluding hydrogens is 537 g/mol. The molecule has 1 aliphatic heterocycles. The molecule has 0 bridgehead atoms. The van der Waals surface area contributed by atoms with Crippen LogP contribution in [0, 0.1) is 0 Å². The third-order valence-corrected chi connectivity index (χ3v) is 8.29. The number of thiazole rings is 1. The van der Waals surface area contributed by atoms with E-state index in [0.717, 1.165) is 40.2 Å². The van der Waals surface area contributed by atoms with Gasteiger partial charge in [-0.2, -0.15) is 0 Å². The van der Waals surface area contributed by atoms with Crippen molar-refractivity contribution in [3.05, 3.63) is 104 Å². The molecule has 1 N–H and O–H groups in total. The maximum Gasteiger partial charge on any atom is 0.275 e. The highest BCUT2D eigenvalue weighted by Gasteiger charge is 2.26. The molecule has 8 heteroatoms. The normalized spacial score (nSPS) is 13.9. The Labute approximate surface area is 236 Å². The van der Waals surface area contributed by atoms with Crippen LogP contribution < -0.4 is 5.32 Å². The molecule has 0 atom stereocenters. The molecule has 2 heterocycles. The molecule has 5 nitrogen and oxygen atoms in total. The number of rotatable bonds is 7. The number of benzene rings is 3. The Bertz CT molecular complexity index is 1430. The molecule has 0 saturated carbocycles. The number of nitrogens with one attached hydrogen (secondary N) is 1. The van der Waals surface area contributed by atoms with Crippen LogP contribution in [0.25, 0.3) is 11.1 Å². The van der Waals surface area contributed by atoms with Crippen LogP contribution in [0.15, 0.2) is 78.2 Å². The predicted molar refractivity (Wildman–Crippen MR) is 155 cm³/mol. The van der Waals surface area contributed by atoms with Crippen molar-refractivity contribution < 1.29 is 9.59 Å². The minimum Gasteiger partial charge on any atom is -0.343 e. The topological polar surface area (TPSA) is 62.3 Å². The number of aromatic nitrogens is 1. The van der Waals surface area contributed by atoms with Crippen LogP contribution in [-0.4, -0.2) is 34.8 Å². The number of amides is 2. The minimum absolute atomic E-state index is 0.169. The Morgan fingerprint density at radius 3 is 2.47 bits per heavy atom. The molecule has 1 fully saturated rings. The Balaban J connectivity index is 1.16. The summed E-state index contributed by atoms with van der Waals surface area (Å²) in [5.74, 6) is 0.185. The number of likely N-dealkylation sites (tertiary alicyclic amines) is 1. The van der Waals surface area contributed by atoms with E-state index in [9.17, 15) is 9.59 Å². The van der Waals surface area contributed by atoms with Crippen molar-refractivity contribution in [1.29, 1.82) is 0 Å². The summed E-state index contributed by atoms with van der Waals surface area (Å²) in [6, 6.07) is 22.9. The highest BCUT2D eigenvalue weighted by Crippen LogP contribution is 2.32. The van der Waals surface area contributed by atoms with E-state index in [0.29, 0.717) is 41.7 Å². The highest BCUT2D eigenvalue weighted by molar-refractivity contribution is 7.10. The summed E-state index contributed by atoms with van der Waals surface area (Å²) in [5.41, 5.74) is 4.10. The predicted octanol–water partition coefficient (Wildman–Crippen LogP) is 7.71. The Hall–Kier alpha value is -3.19. The Morgan fingerprint density at radius 2 is 1.71 bits per heavy atom. The van der Waals surface area contributed by atoms with Gasteiger partial charge in [-0.05, 0) is 60.7 Å². The molecule has 1 aromatic heterocycles. The first kappa shape index (κ1) is 26.4. The number of halogens is 2. The standard InChI is InChI=1S/C30H27Cl2N3O2S/c31-23-11-9-21(10-12-23)25-6-1-2-7-26(25)33-29(37)27-19-38-30(34-27)22-14-16-35(17-15-22)28(36)13-8-20-4-3-5-24(32)18-20/h1-7,9-12,18-19,22H,8,13-17H2,(H,33,37). The van der Waals surface area contributed by atoms with E-state index < -0.39 is 0 Å². The van der Waals surface area contributed by atoms with Gasteiger partial charge in [0.1, 0.15) is 5.69 Å². The summed E-state index contributed by atoms with van der Waals surface area (Å²) in [6.45, 7) is 1.41. The van der Waals surface area contributed by atoms with Gasteiger partial charge in [0, 0.05) is 52.1 Å². The number of carbonyl (C=O) groups is 2. The Kier molecular flexibility index (Phi) is 8.42. The van der Waals surface area contributed by atoms with Crippen LogP contribution in [-0.2, 0) is 11.2 Å². The maximum atomic E-state index is 13.0. The summed E-state index contributed by atoms with van der Waals surface area (Å²) in [6.07, 6.45) is 2.85. The fourth-order valence-electron chi connectivity index (χ4n) is 4.72. The lowest BCUT2D eigenvalue weighted by molar-refractivity contribution is -0.132. The van der Waals surface area contributed by atoms with Crippen LogP contribution in [0.3, 0.4) is 0 Å². The summed E-state index contributed by atoms with van der Waals surface area (Å²) in [4.78, 5) is 32.4. The van der Waals surface area contributed by atoms with Crippen molar-refractivity contribution in [3.8, 4) is 11.1 Å². The maximum absolute atomic E-state index is 13.0. The largest absolute Gasteiger partial charge is 0.343 e. The monoisotopic (exact) mass is 563 g/mol. The first-order chi connectivity index (χ1) is 18.5. The zero-order valence-electron chi connectivity index (χ0n) is 20.7. The van der Waals surface area contributed by atoms with Crippen molar-refractivity contribution >= 4 is 52.0 Å². The van der Waals surface area contributed by atoms with Gasteiger partial charge in [0.15, 0.2) is 0 Å². The number of hydrogen-bond acceptors (Lipinski definition) is 4. The quantitative estimate of drug-likeness (QED) is 0.250. The lowest BCUT2D eigenvalue weighted by Crippen LogP contribution is -2.38. The lowest BCUT2D eigenvalue weighted by atomic mass is 9.97. The smallest absolute Gasteiger partial charge is 0.275 e. The van der Waals surface area contributed by atoms with Crippen LogP contribution in [0.4, 0.5) is 5.69 Å². The van der Waals surface area contributed by atoms with E-state index in [-0.39, 0.29) is 17.7 Å². The molecule has 194 valence electrons. The first-order valence-electron chi connectivity index (χ1n) is 12.6. The molecule has 38 heavy (non-hydrogen) atoms. The lowest BCUT2D eigenvalue weighted by Gasteiger charge is -2.31. The van der Waals surface area contributed by atoms with Gasteiger partial charge in [-0.15, -0.1) is 11.3 Å². The summed E-state index contributed by atoms with van der Waals surface area (Å²) in [7, 11) is 0. The Morgan fingerprint density at radius 1 is 0.947 bits per heavy atom. The van der Waals surface area contributed by atoms with E-state index in [1.807, 2.05) is 83.1 Å². The van der Waals surface area contributed by atoms with E-state index >= 15 is 0 Å². The number of aryl methyl sites for hydroxylation is 1. The first-order valence-corrected chi connectivity index (χ1v) is 14.2. The molecular formula is C30H27Cl2N3O2S. The van der Waals surface area contributed by atoms with Gasteiger partial charge >= 0.3 is 0 Å². The summed E-state index contributed by atoms with van der Waals surface area (Å²) >= 11 is 13.6. The SMILES string of the molecule is O=C(Nc1ccccc1-c1ccc(Cl)cc1)c1csc(C2CCN(C(=O)CCc3cccc(Cl)c3)CC2)n1. The van der Waals surface area contributed by atoms with Crippen molar-refractivity contribution in [2.24, 2.45) is 0 Å². The molecule has 5 rings (SSSR count). The van der Waals surface area contributed by atoms with Gasteiger partial charge in [0.25, 0.3) is 5.91 Å². The van der Waals surface area contributed by atoms with Gasteiger partial charge < -0.3 is 10.2 Å². The average Bonchev–Trinajstić information content (AvgIpc) is 3.43. The molecule has 0 radical (unpaired) electrons. The fraction of sp³-hybridized carbons (Fsp3) is 0.233. The van der Waals surface area contributed by atoms with Crippen molar-refractivity contribution in [1.82, 2.24) is 9.88 Å². The van der Waals surface area contributed by atoms with Crippen LogP contribution in [0.5, 0.6) is 0 Å². The highest BCUT2D eigenvalue weighted by atomic mass is 35.5. The zero-order valence-corrected chi connectivity index (χ0v) is 23.0. The van der Waals surface area contributed by atoms with Crippen LogP contribution >= 0.6 is 34.5 Å². The van der Waals surface area contributed by atoms with Gasteiger partial charge in [-0.3, -0.25) is 9.59 Å². The van der Waals surface area contributed by atoms with Crippen molar-refractivity contribution in [3.63, 3.8) is 0 Å². The number of carbonyl (C=O) groups excluding carboxylic acids is 2. The number of piperidine rings is 1. The molecule has 1 aliphatic rings. The van der Waals surface area contributed by atoms with Gasteiger partial charge in [0.2, 0.25) is 5.91 Å². The minimum atomic E-state index is -0.234.